The second-order valence-corrected chi connectivity index (χ2v) is 5.04. The summed E-state index contributed by atoms with van der Waals surface area (Å²) in [6.07, 6.45) is 0.992. The van der Waals surface area contributed by atoms with Crippen LogP contribution >= 0.6 is 0 Å². The van der Waals surface area contributed by atoms with Crippen LogP contribution in [0.1, 0.15) is 18.9 Å². The van der Waals surface area contributed by atoms with E-state index in [0.29, 0.717) is 19.1 Å². The Balaban J connectivity index is 2.01. The Morgan fingerprint density at radius 2 is 2.18 bits per heavy atom. The summed E-state index contributed by atoms with van der Waals surface area (Å²) in [5, 5.41) is 0. The number of methoxy groups -OCH3 is 1. The van der Waals surface area contributed by atoms with E-state index in [1.165, 1.54) is 5.56 Å². The Kier molecular flexibility index (Phi) is 2.26. The number of carbonyl (C=O) groups excluding carboxylic acids is 1. The molecular formula is C14H17NO2. The van der Waals surface area contributed by atoms with Gasteiger partial charge in [-0.1, -0.05) is 25.1 Å². The third-order valence-electron chi connectivity index (χ3n) is 4.13. The number of hydrogen-bond acceptors (Lipinski definition) is 2. The summed E-state index contributed by atoms with van der Waals surface area (Å²) in [5.74, 6) is 0.743. The van der Waals surface area contributed by atoms with Crippen LogP contribution in [0.25, 0.3) is 0 Å². The van der Waals surface area contributed by atoms with Crippen molar-refractivity contribution in [2.75, 3.05) is 25.2 Å². The number of anilines is 1. The fraction of sp³-hybridized carbons (Fsp3) is 0.500. The fourth-order valence-corrected chi connectivity index (χ4v) is 3.05. The minimum Gasteiger partial charge on any atom is -0.383 e. The minimum absolute atomic E-state index is 0.204. The third-order valence-corrected chi connectivity index (χ3v) is 4.13. The molecule has 1 aliphatic carbocycles. The van der Waals surface area contributed by atoms with Gasteiger partial charge in [-0.2, -0.15) is 0 Å². The van der Waals surface area contributed by atoms with Gasteiger partial charge in [0, 0.05) is 19.3 Å². The molecule has 0 N–H and O–H groups in total. The van der Waals surface area contributed by atoms with Crippen molar-refractivity contribution in [3.05, 3.63) is 29.8 Å². The Morgan fingerprint density at radius 1 is 1.47 bits per heavy atom. The Morgan fingerprint density at radius 3 is 2.82 bits per heavy atom. The average molecular weight is 231 g/mol. The molecule has 0 unspecified atom stereocenters. The minimum atomic E-state index is -0.204. The number of carbonyl (C=O) groups is 1. The molecule has 17 heavy (non-hydrogen) atoms. The Labute approximate surface area is 101 Å². The highest BCUT2D eigenvalue weighted by atomic mass is 16.5. The molecule has 0 aromatic heterocycles. The van der Waals surface area contributed by atoms with Gasteiger partial charge in [-0.05, 0) is 24.0 Å². The molecule has 2 aliphatic rings. The summed E-state index contributed by atoms with van der Waals surface area (Å²) >= 11 is 0. The zero-order valence-corrected chi connectivity index (χ0v) is 10.3. The predicted octanol–water partition coefficient (Wildman–Crippen LogP) is 1.96. The van der Waals surface area contributed by atoms with Crippen molar-refractivity contribution < 1.29 is 9.53 Å². The van der Waals surface area contributed by atoms with E-state index >= 15 is 0 Å². The zero-order valence-electron chi connectivity index (χ0n) is 10.3. The molecule has 1 fully saturated rings. The zero-order chi connectivity index (χ0) is 12.0. The molecular weight excluding hydrogens is 214 g/mol. The van der Waals surface area contributed by atoms with Crippen molar-refractivity contribution in [1.82, 2.24) is 0 Å². The Bertz CT molecular complexity index is 471. The van der Waals surface area contributed by atoms with Crippen LogP contribution in [-0.4, -0.2) is 26.2 Å². The molecule has 1 aromatic carbocycles. The van der Waals surface area contributed by atoms with Gasteiger partial charge in [0.2, 0.25) is 5.91 Å². The molecule has 1 saturated carbocycles. The highest BCUT2D eigenvalue weighted by molar-refractivity contribution is 6.10. The maximum atomic E-state index is 12.5. The van der Waals surface area contributed by atoms with Gasteiger partial charge < -0.3 is 9.64 Å². The van der Waals surface area contributed by atoms with E-state index in [4.69, 9.17) is 4.74 Å². The van der Waals surface area contributed by atoms with E-state index in [-0.39, 0.29) is 11.3 Å². The number of nitrogens with zero attached hydrogens (tertiary/aromatic N) is 1. The molecule has 0 saturated heterocycles. The lowest BCUT2D eigenvalue weighted by atomic mass is 9.95. The van der Waals surface area contributed by atoms with Crippen LogP contribution in [0.5, 0.6) is 0 Å². The molecule has 1 aromatic rings. The summed E-state index contributed by atoms with van der Waals surface area (Å²) in [7, 11) is 1.67. The highest BCUT2D eigenvalue weighted by Crippen LogP contribution is 2.61. The van der Waals surface area contributed by atoms with Crippen LogP contribution in [0.15, 0.2) is 24.3 Å². The molecule has 0 bridgehead atoms. The maximum absolute atomic E-state index is 12.5. The molecule has 1 spiro atoms. The van der Waals surface area contributed by atoms with Gasteiger partial charge in [0.25, 0.3) is 0 Å². The van der Waals surface area contributed by atoms with Crippen molar-refractivity contribution in [1.29, 1.82) is 0 Å². The number of fused-ring (bicyclic) bond motifs is 2. The number of benzene rings is 1. The number of rotatable bonds is 3. The lowest BCUT2D eigenvalue weighted by Gasteiger charge is -2.17. The molecule has 90 valence electrons. The van der Waals surface area contributed by atoms with E-state index < -0.39 is 0 Å². The quantitative estimate of drug-likeness (QED) is 0.796. The van der Waals surface area contributed by atoms with Crippen LogP contribution in [0, 0.1) is 5.92 Å². The van der Waals surface area contributed by atoms with Gasteiger partial charge in [-0.25, -0.2) is 0 Å². The topological polar surface area (TPSA) is 29.5 Å². The summed E-state index contributed by atoms with van der Waals surface area (Å²) in [4.78, 5) is 14.4. The van der Waals surface area contributed by atoms with Crippen molar-refractivity contribution in [3.63, 3.8) is 0 Å². The molecule has 3 nitrogen and oxygen atoms in total. The van der Waals surface area contributed by atoms with Gasteiger partial charge >= 0.3 is 0 Å². The second-order valence-electron chi connectivity index (χ2n) is 5.04. The Hall–Kier alpha value is -1.35. The first-order valence-electron chi connectivity index (χ1n) is 6.12. The third kappa shape index (κ3) is 1.29. The second kappa shape index (κ2) is 3.57. The fourth-order valence-electron chi connectivity index (χ4n) is 3.05. The van der Waals surface area contributed by atoms with Gasteiger partial charge in [0.15, 0.2) is 0 Å². The van der Waals surface area contributed by atoms with Gasteiger partial charge in [-0.3, -0.25) is 4.79 Å². The summed E-state index contributed by atoms with van der Waals surface area (Å²) in [6, 6.07) is 8.17. The molecule has 1 amide bonds. The first-order chi connectivity index (χ1) is 8.21. The molecule has 1 heterocycles. The number of amides is 1. The van der Waals surface area contributed by atoms with Gasteiger partial charge in [0.1, 0.15) is 0 Å². The van der Waals surface area contributed by atoms with Crippen molar-refractivity contribution in [3.8, 4) is 0 Å². The SMILES string of the molecule is COCCN1C(=O)[C@@]2(C[C@H]2C)c2ccccc21. The largest absolute Gasteiger partial charge is 0.383 e. The molecule has 0 radical (unpaired) electrons. The van der Waals surface area contributed by atoms with Crippen molar-refractivity contribution in [2.24, 2.45) is 5.92 Å². The van der Waals surface area contributed by atoms with E-state index in [0.717, 1.165) is 12.1 Å². The molecule has 3 heteroatoms. The lowest BCUT2D eigenvalue weighted by molar-refractivity contribution is -0.120. The monoisotopic (exact) mass is 231 g/mol. The van der Waals surface area contributed by atoms with Crippen molar-refractivity contribution in [2.45, 2.75) is 18.8 Å². The predicted molar refractivity (Wildman–Crippen MR) is 66.1 cm³/mol. The molecule has 3 rings (SSSR count). The van der Waals surface area contributed by atoms with Crippen LogP contribution in [0.4, 0.5) is 5.69 Å². The average Bonchev–Trinajstić information content (AvgIpc) is 2.96. The normalized spacial score (nSPS) is 29.9. The smallest absolute Gasteiger partial charge is 0.238 e. The molecule has 1 aliphatic heterocycles. The summed E-state index contributed by atoms with van der Waals surface area (Å²) in [5.41, 5.74) is 2.09. The highest BCUT2D eigenvalue weighted by Gasteiger charge is 2.64. The van der Waals surface area contributed by atoms with Crippen molar-refractivity contribution >= 4 is 11.6 Å². The van der Waals surface area contributed by atoms with E-state index in [9.17, 15) is 4.79 Å². The molecule has 2 atom stereocenters. The standard InChI is InChI=1S/C14H17NO2/c1-10-9-14(10)11-5-3-4-6-12(11)15(13(14)16)7-8-17-2/h3-6,10H,7-9H2,1-2H3/t10-,14-/m1/s1. The van der Waals surface area contributed by atoms with Crippen LogP contribution in [0.3, 0.4) is 0 Å². The van der Waals surface area contributed by atoms with Gasteiger partial charge in [-0.15, -0.1) is 0 Å². The maximum Gasteiger partial charge on any atom is 0.238 e. The summed E-state index contributed by atoms with van der Waals surface area (Å²) < 4.78 is 5.09. The number of hydrogen-bond donors (Lipinski definition) is 0. The number of ether oxygens (including phenoxy) is 1. The van der Waals surface area contributed by atoms with Crippen LogP contribution < -0.4 is 4.90 Å². The van der Waals surface area contributed by atoms with Crippen LogP contribution in [-0.2, 0) is 14.9 Å². The van der Waals surface area contributed by atoms with E-state index in [1.54, 1.807) is 7.11 Å². The summed E-state index contributed by atoms with van der Waals surface area (Å²) in [6.45, 7) is 3.40. The van der Waals surface area contributed by atoms with Gasteiger partial charge in [0.05, 0.1) is 12.0 Å². The van der Waals surface area contributed by atoms with E-state index in [1.807, 2.05) is 23.1 Å². The first kappa shape index (κ1) is 10.8. The van der Waals surface area contributed by atoms with E-state index in [2.05, 4.69) is 13.0 Å². The van der Waals surface area contributed by atoms with Crippen LogP contribution in [0.2, 0.25) is 0 Å². The number of para-hydroxylation sites is 1. The lowest BCUT2D eigenvalue weighted by Crippen LogP contribution is -2.35. The first-order valence-corrected chi connectivity index (χ1v) is 6.12.